The van der Waals surface area contributed by atoms with Crippen molar-refractivity contribution >= 4 is 45.3 Å². The summed E-state index contributed by atoms with van der Waals surface area (Å²) in [6.45, 7) is 8.38. The topological polar surface area (TPSA) is 68.2 Å². The normalized spacial score (nSPS) is 10.8. The predicted molar refractivity (Wildman–Crippen MR) is 147 cm³/mol. The van der Waals surface area contributed by atoms with Crippen LogP contribution in [0.5, 0.6) is 0 Å². The molecule has 36 heavy (non-hydrogen) atoms. The van der Waals surface area contributed by atoms with E-state index < -0.39 is 5.97 Å². The van der Waals surface area contributed by atoms with Gasteiger partial charge in [0.15, 0.2) is 5.11 Å². The maximum absolute atomic E-state index is 13.3. The fourth-order valence-electron chi connectivity index (χ4n) is 4.03. The van der Waals surface area contributed by atoms with E-state index >= 15 is 0 Å². The molecule has 0 saturated heterocycles. The third kappa shape index (κ3) is 5.47. The highest BCUT2D eigenvalue weighted by atomic mass is 32.1. The van der Waals surface area contributed by atoms with Gasteiger partial charge in [-0.15, -0.1) is 11.3 Å². The van der Waals surface area contributed by atoms with Gasteiger partial charge in [0.05, 0.1) is 30.2 Å². The lowest BCUT2D eigenvalue weighted by atomic mass is 10.0. The number of nitrogens with one attached hydrogen (secondary N) is 2. The first kappa shape index (κ1) is 25.5. The van der Waals surface area contributed by atoms with Gasteiger partial charge >= 0.3 is 5.97 Å². The number of hydrogen-bond donors (Lipinski definition) is 2. The summed E-state index contributed by atoms with van der Waals surface area (Å²) in [6, 6.07) is 16.1. The number of nitrogens with zero attached hydrogens (tertiary/aromatic N) is 2. The highest BCUT2D eigenvalue weighted by Crippen LogP contribution is 2.40. The number of benzene rings is 2. The molecule has 0 bridgehead atoms. The molecule has 0 atom stereocenters. The van der Waals surface area contributed by atoms with Crippen molar-refractivity contribution in [2.24, 2.45) is 0 Å². The Morgan fingerprint density at radius 1 is 1.08 bits per heavy atom. The number of aryl methyl sites for hydroxylation is 2. The number of carbonyl (C=O) groups is 1. The number of aromatic nitrogens is 2. The predicted octanol–water partition coefficient (Wildman–Crippen LogP) is 6.71. The minimum absolute atomic E-state index is 0.271. The van der Waals surface area contributed by atoms with E-state index in [9.17, 15) is 9.18 Å². The number of halogens is 1. The van der Waals surface area contributed by atoms with Crippen molar-refractivity contribution in [3.63, 3.8) is 0 Å². The van der Waals surface area contributed by atoms with Crippen molar-refractivity contribution in [2.45, 2.75) is 34.2 Å². The monoisotopic (exact) mass is 522 g/mol. The van der Waals surface area contributed by atoms with Crippen molar-refractivity contribution in [3.05, 3.63) is 87.8 Å². The molecule has 0 spiro atoms. The molecule has 6 nitrogen and oxygen atoms in total. The Hall–Kier alpha value is -3.56. The van der Waals surface area contributed by atoms with Gasteiger partial charge in [0.2, 0.25) is 0 Å². The summed E-state index contributed by atoms with van der Waals surface area (Å²) >= 11 is 7.08. The molecule has 0 aliphatic heterocycles. The smallest absolute Gasteiger partial charge is 0.341 e. The Morgan fingerprint density at radius 2 is 1.78 bits per heavy atom. The highest BCUT2D eigenvalue weighted by Gasteiger charge is 2.25. The van der Waals surface area contributed by atoms with Gasteiger partial charge in [0.25, 0.3) is 0 Å². The van der Waals surface area contributed by atoms with Gasteiger partial charge in [-0.25, -0.2) is 9.18 Å². The summed E-state index contributed by atoms with van der Waals surface area (Å²) in [6.07, 6.45) is 0. The van der Waals surface area contributed by atoms with Crippen molar-refractivity contribution in [3.8, 4) is 11.1 Å². The maximum atomic E-state index is 13.3. The molecular weight excluding hydrogens is 495 g/mol. The first-order valence-electron chi connectivity index (χ1n) is 11.5. The molecule has 0 aliphatic carbocycles. The van der Waals surface area contributed by atoms with Crippen LogP contribution in [-0.4, -0.2) is 27.5 Å². The van der Waals surface area contributed by atoms with Crippen molar-refractivity contribution in [2.75, 3.05) is 17.2 Å². The number of thiophene rings is 1. The average molecular weight is 523 g/mol. The van der Waals surface area contributed by atoms with Crippen LogP contribution in [0.15, 0.2) is 54.6 Å². The van der Waals surface area contributed by atoms with Crippen LogP contribution in [0.25, 0.3) is 11.1 Å². The second-order valence-corrected chi connectivity index (χ2v) is 9.87. The third-order valence-corrected chi connectivity index (χ3v) is 6.94. The molecule has 9 heteroatoms. The van der Waals surface area contributed by atoms with Crippen LogP contribution in [-0.2, 0) is 11.3 Å². The summed E-state index contributed by atoms with van der Waals surface area (Å²) in [5.41, 5.74) is 5.63. The van der Waals surface area contributed by atoms with Crippen LogP contribution in [0.2, 0.25) is 0 Å². The molecule has 0 saturated carbocycles. The molecule has 2 aromatic carbocycles. The molecule has 2 heterocycles. The SMILES string of the molecule is CCOC(=O)c1c(NC(=S)Nc2c(C)nn(Cc3ccc(F)cc3)c2C)sc(C)c1-c1ccccc1. The van der Waals surface area contributed by atoms with E-state index in [-0.39, 0.29) is 12.4 Å². The largest absolute Gasteiger partial charge is 0.462 e. The van der Waals surface area contributed by atoms with E-state index in [1.165, 1.54) is 23.5 Å². The van der Waals surface area contributed by atoms with Crippen LogP contribution in [0.3, 0.4) is 0 Å². The van der Waals surface area contributed by atoms with E-state index in [1.54, 1.807) is 19.1 Å². The summed E-state index contributed by atoms with van der Waals surface area (Å²) in [7, 11) is 0. The lowest BCUT2D eigenvalue weighted by molar-refractivity contribution is 0.0529. The fraction of sp³-hybridized carbons (Fsp3) is 0.222. The number of rotatable bonds is 7. The zero-order chi connectivity index (χ0) is 25.8. The Kier molecular flexibility index (Phi) is 7.81. The summed E-state index contributed by atoms with van der Waals surface area (Å²) in [5.74, 6) is -0.669. The lowest BCUT2D eigenvalue weighted by Crippen LogP contribution is -2.21. The molecule has 186 valence electrons. The fourth-order valence-corrected chi connectivity index (χ4v) is 5.36. The standard InChI is InChI=1S/C27H27FN4O2S2/c1-5-34-26(33)23-22(20-9-7-6-8-10-20)18(4)36-25(23)30-27(35)29-24-16(2)31-32(17(24)3)15-19-11-13-21(28)14-12-19/h6-14H,5,15H2,1-4H3,(H2,29,30,35). The van der Waals surface area contributed by atoms with Crippen LogP contribution in [0, 0.1) is 26.6 Å². The van der Waals surface area contributed by atoms with E-state index in [1.807, 2.05) is 55.8 Å². The summed E-state index contributed by atoms with van der Waals surface area (Å²) in [5, 5.41) is 12.0. The molecule has 0 radical (unpaired) electrons. The quantitative estimate of drug-likeness (QED) is 0.208. The van der Waals surface area contributed by atoms with E-state index in [0.29, 0.717) is 22.2 Å². The van der Waals surface area contributed by atoms with Crippen LogP contribution < -0.4 is 10.6 Å². The Balaban J connectivity index is 1.58. The maximum Gasteiger partial charge on any atom is 0.341 e. The Labute approximate surface area is 219 Å². The minimum atomic E-state index is -0.398. The van der Waals surface area contributed by atoms with Crippen molar-refractivity contribution < 1.29 is 13.9 Å². The molecule has 0 amide bonds. The second-order valence-electron chi connectivity index (χ2n) is 8.23. The Bertz CT molecular complexity index is 1400. The van der Waals surface area contributed by atoms with E-state index in [4.69, 9.17) is 17.0 Å². The number of ether oxygens (including phenoxy) is 1. The van der Waals surface area contributed by atoms with Gasteiger partial charge in [0.1, 0.15) is 16.4 Å². The number of thiocarbonyl (C=S) groups is 1. The number of esters is 1. The van der Waals surface area contributed by atoms with E-state index in [2.05, 4.69) is 15.7 Å². The molecule has 2 aromatic heterocycles. The van der Waals surface area contributed by atoms with Crippen LogP contribution >= 0.6 is 23.6 Å². The van der Waals surface area contributed by atoms with Gasteiger partial charge in [-0.3, -0.25) is 4.68 Å². The lowest BCUT2D eigenvalue weighted by Gasteiger charge is -2.12. The molecule has 0 unspecified atom stereocenters. The summed E-state index contributed by atoms with van der Waals surface area (Å²) < 4.78 is 20.5. The molecule has 0 fully saturated rings. The second kappa shape index (κ2) is 11.0. The summed E-state index contributed by atoms with van der Waals surface area (Å²) in [4.78, 5) is 13.9. The Morgan fingerprint density at radius 3 is 2.44 bits per heavy atom. The zero-order valence-electron chi connectivity index (χ0n) is 20.5. The average Bonchev–Trinajstić information content (AvgIpc) is 3.31. The molecule has 0 aliphatic rings. The number of carbonyl (C=O) groups excluding carboxylic acids is 1. The van der Waals surface area contributed by atoms with Crippen LogP contribution in [0.4, 0.5) is 15.1 Å². The van der Waals surface area contributed by atoms with Crippen molar-refractivity contribution in [1.29, 1.82) is 0 Å². The van der Waals surface area contributed by atoms with Gasteiger partial charge in [-0.1, -0.05) is 42.5 Å². The first-order valence-corrected chi connectivity index (χ1v) is 12.7. The van der Waals surface area contributed by atoms with Gasteiger partial charge in [-0.05, 0) is 63.2 Å². The number of hydrogen-bond acceptors (Lipinski definition) is 5. The molecule has 4 rings (SSSR count). The van der Waals surface area contributed by atoms with E-state index in [0.717, 1.165) is 38.6 Å². The van der Waals surface area contributed by atoms with Gasteiger partial charge in [-0.2, -0.15) is 5.10 Å². The van der Waals surface area contributed by atoms with Gasteiger partial charge in [0, 0.05) is 10.4 Å². The van der Waals surface area contributed by atoms with Crippen molar-refractivity contribution in [1.82, 2.24) is 9.78 Å². The molecular formula is C27H27FN4O2S2. The first-order chi connectivity index (χ1) is 17.3. The number of anilines is 2. The molecule has 4 aromatic rings. The third-order valence-electron chi connectivity index (χ3n) is 5.72. The molecule has 2 N–H and O–H groups in total. The minimum Gasteiger partial charge on any atom is -0.462 e. The highest BCUT2D eigenvalue weighted by molar-refractivity contribution is 7.80. The zero-order valence-corrected chi connectivity index (χ0v) is 22.1. The van der Waals surface area contributed by atoms with Crippen LogP contribution in [0.1, 0.15) is 39.1 Å². The van der Waals surface area contributed by atoms with Gasteiger partial charge < -0.3 is 15.4 Å².